The van der Waals surface area contributed by atoms with Crippen LogP contribution in [-0.2, 0) is 15.1 Å². The molecule has 7 nitrogen and oxygen atoms in total. The van der Waals surface area contributed by atoms with Gasteiger partial charge in [0.15, 0.2) is 5.82 Å². The van der Waals surface area contributed by atoms with Crippen LogP contribution in [-0.4, -0.2) is 46.3 Å². The molecule has 1 amide bonds. The van der Waals surface area contributed by atoms with E-state index in [0.29, 0.717) is 17.1 Å². The van der Waals surface area contributed by atoms with Crippen LogP contribution in [0.2, 0.25) is 0 Å². The number of benzene rings is 1. The van der Waals surface area contributed by atoms with Gasteiger partial charge in [0.05, 0.1) is 19.4 Å². The highest BCUT2D eigenvalue weighted by atomic mass is 19.1. The highest BCUT2D eigenvalue weighted by Gasteiger charge is 2.38. The van der Waals surface area contributed by atoms with Gasteiger partial charge in [-0.1, -0.05) is 18.2 Å². The van der Waals surface area contributed by atoms with E-state index in [-0.39, 0.29) is 36.9 Å². The van der Waals surface area contributed by atoms with Gasteiger partial charge in [-0.05, 0) is 37.3 Å². The fourth-order valence-electron chi connectivity index (χ4n) is 3.91. The largest absolute Gasteiger partial charge is 0.380 e. The molecule has 1 aliphatic carbocycles. The lowest BCUT2D eigenvalue weighted by molar-refractivity contribution is -0.184. The zero-order chi connectivity index (χ0) is 20.4. The molecule has 1 saturated carbocycles. The van der Waals surface area contributed by atoms with Gasteiger partial charge in [-0.3, -0.25) is 4.79 Å². The fraction of sp³-hybridized carbons (Fsp3) is 0.476. The molecule has 154 valence electrons. The van der Waals surface area contributed by atoms with E-state index in [1.807, 2.05) is 0 Å². The minimum Gasteiger partial charge on any atom is -0.380 e. The van der Waals surface area contributed by atoms with E-state index in [1.54, 1.807) is 24.3 Å². The van der Waals surface area contributed by atoms with Crippen LogP contribution in [0.5, 0.6) is 0 Å². The first-order valence-corrected chi connectivity index (χ1v) is 9.90. The van der Waals surface area contributed by atoms with E-state index in [4.69, 9.17) is 4.74 Å². The van der Waals surface area contributed by atoms with E-state index < -0.39 is 11.4 Å². The monoisotopic (exact) mass is 400 g/mol. The maximum absolute atomic E-state index is 14.5. The molecule has 2 aromatic rings. The summed E-state index contributed by atoms with van der Waals surface area (Å²) in [5, 5.41) is 16.7. The Kier molecular flexibility index (Phi) is 5.47. The van der Waals surface area contributed by atoms with Gasteiger partial charge in [0.1, 0.15) is 11.3 Å². The van der Waals surface area contributed by atoms with Crippen molar-refractivity contribution in [3.05, 3.63) is 41.8 Å². The van der Waals surface area contributed by atoms with Crippen molar-refractivity contribution in [3.8, 4) is 11.3 Å². The summed E-state index contributed by atoms with van der Waals surface area (Å²) in [4.78, 5) is 19.7. The Morgan fingerprint density at radius 1 is 1.24 bits per heavy atom. The topological polar surface area (TPSA) is 96.4 Å². The molecule has 8 heteroatoms. The molecule has 0 atom stereocenters. The number of rotatable bonds is 5. The van der Waals surface area contributed by atoms with Crippen molar-refractivity contribution in [1.82, 2.24) is 15.3 Å². The maximum atomic E-state index is 14.5. The predicted octanol–water partition coefficient (Wildman–Crippen LogP) is 2.36. The molecule has 0 bridgehead atoms. The molecule has 4 rings (SSSR count). The third kappa shape index (κ3) is 4.38. The summed E-state index contributed by atoms with van der Waals surface area (Å²) in [6.07, 6.45) is 4.69. The van der Waals surface area contributed by atoms with Crippen molar-refractivity contribution in [1.29, 1.82) is 0 Å². The van der Waals surface area contributed by atoms with Gasteiger partial charge < -0.3 is 20.5 Å². The Morgan fingerprint density at radius 3 is 2.62 bits per heavy atom. The van der Waals surface area contributed by atoms with E-state index in [9.17, 15) is 14.3 Å². The average Bonchev–Trinajstić information content (AvgIpc) is 2.69. The second-order valence-electron chi connectivity index (χ2n) is 7.89. The van der Waals surface area contributed by atoms with Crippen LogP contribution in [0.25, 0.3) is 11.3 Å². The number of anilines is 1. The molecule has 2 heterocycles. The Balaban J connectivity index is 1.47. The second-order valence-corrected chi connectivity index (χ2v) is 7.89. The summed E-state index contributed by atoms with van der Waals surface area (Å²) >= 11 is 0. The smallest absolute Gasteiger partial charge is 0.223 e. The lowest BCUT2D eigenvalue weighted by atomic mass is 9.90. The Morgan fingerprint density at radius 2 is 1.97 bits per heavy atom. The van der Waals surface area contributed by atoms with Crippen LogP contribution in [0.3, 0.4) is 0 Å². The molecule has 2 aliphatic rings. The molecular formula is C21H25FN4O3. The standard InChI is InChI=1S/C21H25FN4O3/c1-13(27)24-16-5-7-17(8-6-16)25-20-23-10-18(22)19(26-20)14-3-2-4-15(9-14)21(28)11-29-12-21/h2-4,9-10,16-17,28H,5-8,11-12H2,1H3,(H,24,27)(H,23,25,26). The molecular weight excluding hydrogens is 375 g/mol. The van der Waals surface area contributed by atoms with Crippen molar-refractivity contribution < 1.29 is 19.0 Å². The first-order valence-electron chi connectivity index (χ1n) is 9.90. The molecule has 1 aromatic carbocycles. The third-order valence-electron chi connectivity index (χ3n) is 5.57. The molecule has 29 heavy (non-hydrogen) atoms. The average molecular weight is 400 g/mol. The minimum atomic E-state index is -1.02. The quantitative estimate of drug-likeness (QED) is 0.713. The number of hydrogen-bond acceptors (Lipinski definition) is 6. The van der Waals surface area contributed by atoms with E-state index in [1.165, 1.54) is 13.1 Å². The zero-order valence-corrected chi connectivity index (χ0v) is 16.3. The van der Waals surface area contributed by atoms with Crippen LogP contribution in [0, 0.1) is 5.82 Å². The molecule has 1 saturated heterocycles. The lowest BCUT2D eigenvalue weighted by Gasteiger charge is -2.36. The van der Waals surface area contributed by atoms with Gasteiger partial charge >= 0.3 is 0 Å². The van der Waals surface area contributed by atoms with Gasteiger partial charge in [0, 0.05) is 24.6 Å². The van der Waals surface area contributed by atoms with Crippen molar-refractivity contribution in [2.75, 3.05) is 18.5 Å². The molecule has 0 radical (unpaired) electrons. The Bertz CT molecular complexity index is 895. The molecule has 0 unspecified atom stereocenters. The molecule has 1 aromatic heterocycles. The fourth-order valence-corrected chi connectivity index (χ4v) is 3.91. The van der Waals surface area contributed by atoms with Crippen LogP contribution < -0.4 is 10.6 Å². The van der Waals surface area contributed by atoms with Gasteiger partial charge in [-0.25, -0.2) is 14.4 Å². The van der Waals surface area contributed by atoms with Crippen LogP contribution in [0.4, 0.5) is 10.3 Å². The number of hydrogen-bond donors (Lipinski definition) is 3. The summed E-state index contributed by atoms with van der Waals surface area (Å²) in [5.74, 6) is -0.146. The van der Waals surface area contributed by atoms with E-state index >= 15 is 0 Å². The summed E-state index contributed by atoms with van der Waals surface area (Å²) in [7, 11) is 0. The van der Waals surface area contributed by atoms with E-state index in [2.05, 4.69) is 20.6 Å². The van der Waals surface area contributed by atoms with Crippen molar-refractivity contribution in [2.24, 2.45) is 0 Å². The summed E-state index contributed by atoms with van der Waals surface area (Å²) in [5.41, 5.74) is 0.443. The SMILES string of the molecule is CC(=O)NC1CCC(Nc2ncc(F)c(-c3cccc(C4(O)COC4)c3)n2)CC1. The van der Waals surface area contributed by atoms with Gasteiger partial charge in [0.25, 0.3) is 0 Å². The molecule has 3 N–H and O–H groups in total. The number of aliphatic hydroxyl groups is 1. The normalized spacial score (nSPS) is 23.1. The number of halogens is 1. The van der Waals surface area contributed by atoms with Crippen molar-refractivity contribution in [2.45, 2.75) is 50.3 Å². The van der Waals surface area contributed by atoms with Crippen molar-refractivity contribution in [3.63, 3.8) is 0 Å². The molecule has 0 spiro atoms. The highest BCUT2D eigenvalue weighted by Crippen LogP contribution is 2.32. The Labute approximate surface area is 168 Å². The zero-order valence-electron chi connectivity index (χ0n) is 16.3. The molecule has 1 aliphatic heterocycles. The molecule has 2 fully saturated rings. The second kappa shape index (κ2) is 8.04. The number of ether oxygens (including phenoxy) is 1. The van der Waals surface area contributed by atoms with Gasteiger partial charge in [0.2, 0.25) is 11.9 Å². The number of amides is 1. The predicted molar refractivity (Wildman–Crippen MR) is 106 cm³/mol. The minimum absolute atomic E-state index is 0.00623. The van der Waals surface area contributed by atoms with Gasteiger partial charge in [-0.15, -0.1) is 0 Å². The van der Waals surface area contributed by atoms with Gasteiger partial charge in [-0.2, -0.15) is 0 Å². The van der Waals surface area contributed by atoms with Crippen molar-refractivity contribution >= 4 is 11.9 Å². The summed E-state index contributed by atoms with van der Waals surface area (Å²) in [6.45, 7) is 2.00. The summed E-state index contributed by atoms with van der Waals surface area (Å²) < 4.78 is 19.6. The maximum Gasteiger partial charge on any atom is 0.223 e. The number of carbonyl (C=O) groups excluding carboxylic acids is 1. The first-order chi connectivity index (χ1) is 13.9. The highest BCUT2D eigenvalue weighted by molar-refractivity contribution is 5.73. The number of aromatic nitrogens is 2. The Hall–Kier alpha value is -2.58. The van der Waals surface area contributed by atoms with Crippen LogP contribution >= 0.6 is 0 Å². The summed E-state index contributed by atoms with van der Waals surface area (Å²) in [6, 6.07) is 7.48. The number of carbonyl (C=O) groups is 1. The third-order valence-corrected chi connectivity index (χ3v) is 5.57. The van der Waals surface area contributed by atoms with Crippen LogP contribution in [0.15, 0.2) is 30.5 Å². The lowest BCUT2D eigenvalue weighted by Crippen LogP contribution is -2.46. The van der Waals surface area contributed by atoms with E-state index in [0.717, 1.165) is 25.7 Å². The van der Waals surface area contributed by atoms with Crippen LogP contribution in [0.1, 0.15) is 38.2 Å². The number of nitrogens with zero attached hydrogens (tertiary/aromatic N) is 2. The first kappa shape index (κ1) is 19.7. The number of nitrogens with one attached hydrogen (secondary N) is 2.